The molecule has 25 heavy (non-hydrogen) atoms. The van der Waals surface area contributed by atoms with Crippen molar-refractivity contribution in [3.63, 3.8) is 0 Å². The monoisotopic (exact) mass is 352 g/mol. The Balaban J connectivity index is 1.98. The van der Waals surface area contributed by atoms with Crippen LogP contribution in [-0.4, -0.2) is 24.1 Å². The van der Waals surface area contributed by atoms with Gasteiger partial charge in [-0.25, -0.2) is 0 Å². The third-order valence-corrected chi connectivity index (χ3v) is 4.65. The number of aryl methyl sites for hydroxylation is 1. The van der Waals surface area contributed by atoms with Gasteiger partial charge in [-0.1, -0.05) is 29.8 Å². The number of hydrogen-bond acceptors (Lipinski definition) is 5. The van der Waals surface area contributed by atoms with Crippen molar-refractivity contribution in [2.75, 3.05) is 0 Å². The highest BCUT2D eigenvalue weighted by Crippen LogP contribution is 2.11. The van der Waals surface area contributed by atoms with E-state index in [1.54, 1.807) is 60.9 Å². The summed E-state index contributed by atoms with van der Waals surface area (Å²) >= 11 is 0. The maximum absolute atomic E-state index is 12.5. The zero-order chi connectivity index (χ0) is 17.7. The van der Waals surface area contributed by atoms with E-state index in [9.17, 15) is 8.42 Å². The van der Waals surface area contributed by atoms with Crippen LogP contribution in [-0.2, 0) is 10.0 Å². The molecule has 3 aromatic rings. The minimum absolute atomic E-state index is 0.142. The van der Waals surface area contributed by atoms with Gasteiger partial charge in [-0.3, -0.25) is 9.97 Å². The summed E-state index contributed by atoms with van der Waals surface area (Å²) in [4.78, 5) is 10.9. The van der Waals surface area contributed by atoms with E-state index in [1.165, 1.54) is 12.1 Å². The van der Waals surface area contributed by atoms with Crippen LogP contribution in [0.25, 0.3) is 0 Å². The van der Waals surface area contributed by atoms with Gasteiger partial charge in [0.15, 0.2) is 0 Å². The Bertz CT molecular complexity index is 929. The fraction of sp³-hybridized carbons (Fsp3) is 0.0556. The highest BCUT2D eigenvalue weighted by atomic mass is 32.2. The largest absolute Gasteiger partial charge is 0.276 e. The third kappa shape index (κ3) is 4.07. The van der Waals surface area contributed by atoms with E-state index in [4.69, 9.17) is 0 Å². The summed E-state index contributed by atoms with van der Waals surface area (Å²) in [5, 5.41) is 4.09. The lowest BCUT2D eigenvalue weighted by Crippen LogP contribution is -2.22. The summed E-state index contributed by atoms with van der Waals surface area (Å²) in [6.45, 7) is 1.89. The topological polar surface area (TPSA) is 84.3 Å². The van der Waals surface area contributed by atoms with E-state index >= 15 is 0 Å². The number of hydrogen-bond donors (Lipinski definition) is 1. The molecule has 0 aliphatic heterocycles. The SMILES string of the molecule is Cc1ccc(S(=O)(=O)NN=C(c2ccccn2)c2ccccn2)cc1. The molecule has 0 atom stereocenters. The molecule has 1 aromatic carbocycles. The number of nitrogens with one attached hydrogen (secondary N) is 1. The molecule has 0 unspecified atom stereocenters. The van der Waals surface area contributed by atoms with Crippen LogP contribution in [0.4, 0.5) is 0 Å². The number of rotatable bonds is 5. The van der Waals surface area contributed by atoms with Crippen molar-refractivity contribution < 1.29 is 8.42 Å². The normalized spacial score (nSPS) is 10.9. The molecule has 0 spiro atoms. The number of nitrogens with zero attached hydrogens (tertiary/aromatic N) is 3. The van der Waals surface area contributed by atoms with Crippen LogP contribution in [0.3, 0.4) is 0 Å². The van der Waals surface area contributed by atoms with Gasteiger partial charge in [0.1, 0.15) is 5.71 Å². The number of pyridine rings is 2. The lowest BCUT2D eigenvalue weighted by atomic mass is 10.1. The first-order chi connectivity index (χ1) is 12.1. The fourth-order valence-corrected chi connectivity index (χ4v) is 2.94. The summed E-state index contributed by atoms with van der Waals surface area (Å²) in [5.41, 5.74) is 2.36. The predicted molar refractivity (Wildman–Crippen MR) is 95.6 cm³/mol. The Morgan fingerprint density at radius 2 is 1.44 bits per heavy atom. The minimum atomic E-state index is -3.78. The van der Waals surface area contributed by atoms with Crippen molar-refractivity contribution in [3.05, 3.63) is 90.0 Å². The van der Waals surface area contributed by atoms with Crippen molar-refractivity contribution in [2.24, 2.45) is 5.10 Å². The second-order valence-corrected chi connectivity index (χ2v) is 6.96. The molecule has 3 rings (SSSR count). The molecule has 0 bridgehead atoms. The number of aromatic nitrogens is 2. The Labute approximate surface area is 146 Å². The molecule has 7 heteroatoms. The smallest absolute Gasteiger partial charge is 0.254 e. The molecule has 1 N–H and O–H groups in total. The molecule has 6 nitrogen and oxygen atoms in total. The first kappa shape index (κ1) is 16.8. The molecule has 0 aliphatic carbocycles. The van der Waals surface area contributed by atoms with E-state index in [-0.39, 0.29) is 4.90 Å². The summed E-state index contributed by atoms with van der Waals surface area (Å²) in [5.74, 6) is 0. The molecule has 0 fully saturated rings. The highest BCUT2D eigenvalue weighted by molar-refractivity contribution is 7.89. The Kier molecular flexibility index (Phi) is 4.85. The van der Waals surface area contributed by atoms with Crippen LogP contribution in [0.2, 0.25) is 0 Å². The van der Waals surface area contributed by atoms with Crippen molar-refractivity contribution in [2.45, 2.75) is 11.8 Å². The van der Waals surface area contributed by atoms with Gasteiger partial charge in [-0.2, -0.15) is 18.4 Å². The van der Waals surface area contributed by atoms with Crippen LogP contribution in [0.1, 0.15) is 17.0 Å². The molecule has 0 aliphatic rings. The van der Waals surface area contributed by atoms with Crippen LogP contribution in [0, 0.1) is 6.92 Å². The molecular formula is C18H16N4O2S. The van der Waals surface area contributed by atoms with Gasteiger partial charge in [0.2, 0.25) is 0 Å². The summed E-state index contributed by atoms with van der Waals surface area (Å²) in [6, 6.07) is 17.2. The van der Waals surface area contributed by atoms with Crippen LogP contribution >= 0.6 is 0 Å². The van der Waals surface area contributed by atoms with E-state index < -0.39 is 10.0 Å². The first-order valence-electron chi connectivity index (χ1n) is 7.55. The second-order valence-electron chi connectivity index (χ2n) is 5.30. The van der Waals surface area contributed by atoms with Crippen molar-refractivity contribution in [1.82, 2.24) is 14.8 Å². The van der Waals surface area contributed by atoms with Crippen molar-refractivity contribution in [1.29, 1.82) is 0 Å². The standard InChI is InChI=1S/C18H16N4O2S/c1-14-8-10-15(11-9-14)25(23,24)22-21-18(16-6-2-4-12-19-16)17-7-3-5-13-20-17/h2-13,22H,1H3. The molecule has 0 radical (unpaired) electrons. The lowest BCUT2D eigenvalue weighted by molar-refractivity contribution is 0.584. The quantitative estimate of drug-likeness (QED) is 0.565. The van der Waals surface area contributed by atoms with Gasteiger partial charge in [-0.15, -0.1) is 0 Å². The second kappa shape index (κ2) is 7.23. The van der Waals surface area contributed by atoms with Gasteiger partial charge >= 0.3 is 0 Å². The Morgan fingerprint density at radius 1 is 0.880 bits per heavy atom. The van der Waals surface area contributed by atoms with Gasteiger partial charge in [-0.05, 0) is 43.3 Å². The van der Waals surface area contributed by atoms with Gasteiger partial charge in [0.25, 0.3) is 10.0 Å². The van der Waals surface area contributed by atoms with E-state index in [0.717, 1.165) is 5.56 Å². The highest BCUT2D eigenvalue weighted by Gasteiger charge is 2.15. The molecular weight excluding hydrogens is 336 g/mol. The van der Waals surface area contributed by atoms with Crippen molar-refractivity contribution in [3.8, 4) is 0 Å². The van der Waals surface area contributed by atoms with Gasteiger partial charge in [0, 0.05) is 12.4 Å². The van der Waals surface area contributed by atoms with Gasteiger partial charge < -0.3 is 0 Å². The first-order valence-corrected chi connectivity index (χ1v) is 9.03. The van der Waals surface area contributed by atoms with Crippen molar-refractivity contribution >= 4 is 15.7 Å². The minimum Gasteiger partial charge on any atom is -0.254 e. The lowest BCUT2D eigenvalue weighted by Gasteiger charge is -2.08. The average Bonchev–Trinajstić information content (AvgIpc) is 2.64. The molecule has 2 aromatic heterocycles. The van der Waals surface area contributed by atoms with Crippen LogP contribution in [0.15, 0.2) is 83.1 Å². The molecule has 0 saturated heterocycles. The zero-order valence-corrected chi connectivity index (χ0v) is 14.3. The number of sulfonamides is 1. The van der Waals surface area contributed by atoms with Crippen LogP contribution < -0.4 is 4.83 Å². The number of benzene rings is 1. The summed E-state index contributed by atoms with van der Waals surface area (Å²) in [7, 11) is -3.78. The van der Waals surface area contributed by atoms with Gasteiger partial charge in [0.05, 0.1) is 16.3 Å². The summed E-state index contributed by atoms with van der Waals surface area (Å²) < 4.78 is 24.9. The Hall–Kier alpha value is -3.06. The summed E-state index contributed by atoms with van der Waals surface area (Å²) in [6.07, 6.45) is 3.23. The average molecular weight is 352 g/mol. The molecule has 0 saturated carbocycles. The Morgan fingerprint density at radius 3 is 1.92 bits per heavy atom. The van der Waals surface area contributed by atoms with Crippen LogP contribution in [0.5, 0.6) is 0 Å². The molecule has 0 amide bonds. The molecule has 126 valence electrons. The maximum Gasteiger partial charge on any atom is 0.276 e. The number of hydrazone groups is 1. The predicted octanol–water partition coefficient (Wildman–Crippen LogP) is 2.52. The fourth-order valence-electron chi connectivity index (χ4n) is 2.13. The third-order valence-electron chi connectivity index (χ3n) is 3.42. The zero-order valence-electron chi connectivity index (χ0n) is 13.5. The molecule has 2 heterocycles. The maximum atomic E-state index is 12.5. The van der Waals surface area contributed by atoms with E-state index in [1.807, 2.05) is 6.92 Å². The van der Waals surface area contributed by atoms with E-state index in [2.05, 4.69) is 19.9 Å². The van der Waals surface area contributed by atoms with E-state index in [0.29, 0.717) is 17.1 Å².